The van der Waals surface area contributed by atoms with Crippen LogP contribution in [0.5, 0.6) is 0 Å². The minimum Gasteiger partial charge on any atom is -0.366 e. The number of pyridine rings is 1. The third-order valence-electron chi connectivity index (χ3n) is 3.04. The van der Waals surface area contributed by atoms with Gasteiger partial charge in [0.25, 0.3) is 5.56 Å². The SMILES string of the molecule is Cc1cc(-c2ccc(C(N)=O)c(Cl)c2)c(=O)[nH]c1C. The van der Waals surface area contributed by atoms with E-state index in [2.05, 4.69) is 4.98 Å². The Labute approximate surface area is 115 Å². The fourth-order valence-corrected chi connectivity index (χ4v) is 2.10. The Morgan fingerprint density at radius 2 is 1.95 bits per heavy atom. The topological polar surface area (TPSA) is 76.0 Å². The number of carbonyl (C=O) groups excluding carboxylic acids is 1. The van der Waals surface area contributed by atoms with E-state index in [1.807, 2.05) is 13.8 Å². The van der Waals surface area contributed by atoms with Crippen molar-refractivity contribution < 1.29 is 4.79 Å². The van der Waals surface area contributed by atoms with Gasteiger partial charge in [0.05, 0.1) is 10.6 Å². The maximum absolute atomic E-state index is 11.9. The molecule has 0 aliphatic rings. The zero-order valence-corrected chi connectivity index (χ0v) is 11.3. The van der Waals surface area contributed by atoms with Crippen LogP contribution in [0.4, 0.5) is 0 Å². The van der Waals surface area contributed by atoms with E-state index in [0.29, 0.717) is 11.1 Å². The first kappa shape index (κ1) is 13.4. The Hall–Kier alpha value is -2.07. The van der Waals surface area contributed by atoms with E-state index < -0.39 is 5.91 Å². The Morgan fingerprint density at radius 3 is 2.53 bits per heavy atom. The first-order valence-corrected chi connectivity index (χ1v) is 6.08. The van der Waals surface area contributed by atoms with Gasteiger partial charge in [0.2, 0.25) is 5.91 Å². The zero-order valence-electron chi connectivity index (χ0n) is 10.6. The number of amides is 1. The van der Waals surface area contributed by atoms with Crippen molar-refractivity contribution in [3.8, 4) is 11.1 Å². The summed E-state index contributed by atoms with van der Waals surface area (Å²) in [6.07, 6.45) is 0. The van der Waals surface area contributed by atoms with Crippen LogP contribution in [0.3, 0.4) is 0 Å². The van der Waals surface area contributed by atoms with Gasteiger partial charge in [0, 0.05) is 11.3 Å². The second-order valence-electron chi connectivity index (χ2n) is 4.38. The number of hydrogen-bond donors (Lipinski definition) is 2. The molecule has 19 heavy (non-hydrogen) atoms. The predicted octanol–water partition coefficient (Wildman–Crippen LogP) is 2.41. The van der Waals surface area contributed by atoms with Crippen LogP contribution in [-0.4, -0.2) is 10.9 Å². The zero-order chi connectivity index (χ0) is 14.2. The van der Waals surface area contributed by atoms with Crippen molar-refractivity contribution in [1.29, 1.82) is 0 Å². The molecule has 98 valence electrons. The standard InChI is InChI=1S/C14H13ClN2O2/c1-7-5-11(14(19)17-8(7)2)9-3-4-10(13(16)18)12(15)6-9/h3-6H,1-2H3,(H2,16,18)(H,17,19). The number of benzene rings is 1. The van der Waals surface area contributed by atoms with Gasteiger partial charge in [-0.25, -0.2) is 0 Å². The summed E-state index contributed by atoms with van der Waals surface area (Å²) in [6.45, 7) is 3.75. The van der Waals surface area contributed by atoms with E-state index in [-0.39, 0.29) is 16.1 Å². The number of nitrogens with two attached hydrogens (primary N) is 1. The first-order valence-electron chi connectivity index (χ1n) is 5.70. The summed E-state index contributed by atoms with van der Waals surface area (Å²) in [5, 5.41) is 0.239. The highest BCUT2D eigenvalue weighted by Crippen LogP contribution is 2.24. The summed E-state index contributed by atoms with van der Waals surface area (Å²) < 4.78 is 0. The number of aromatic nitrogens is 1. The molecule has 1 aromatic carbocycles. The Morgan fingerprint density at radius 1 is 1.26 bits per heavy atom. The smallest absolute Gasteiger partial charge is 0.256 e. The highest BCUT2D eigenvalue weighted by atomic mass is 35.5. The number of halogens is 1. The van der Waals surface area contributed by atoms with Crippen molar-refractivity contribution in [3.63, 3.8) is 0 Å². The number of primary amides is 1. The molecule has 5 heteroatoms. The molecule has 3 N–H and O–H groups in total. The van der Waals surface area contributed by atoms with E-state index in [9.17, 15) is 9.59 Å². The molecule has 1 amide bonds. The van der Waals surface area contributed by atoms with Crippen molar-refractivity contribution in [2.45, 2.75) is 13.8 Å². The maximum atomic E-state index is 11.9. The fraction of sp³-hybridized carbons (Fsp3) is 0.143. The summed E-state index contributed by atoms with van der Waals surface area (Å²) >= 11 is 5.98. The Bertz CT molecular complexity index is 720. The van der Waals surface area contributed by atoms with Crippen molar-refractivity contribution in [2.75, 3.05) is 0 Å². The monoisotopic (exact) mass is 276 g/mol. The molecule has 0 saturated heterocycles. The quantitative estimate of drug-likeness (QED) is 0.884. The summed E-state index contributed by atoms with van der Waals surface area (Å²) in [5.41, 5.74) is 8.21. The molecule has 0 unspecified atom stereocenters. The van der Waals surface area contributed by atoms with Gasteiger partial charge < -0.3 is 10.7 Å². The van der Waals surface area contributed by atoms with Gasteiger partial charge in [-0.3, -0.25) is 9.59 Å². The van der Waals surface area contributed by atoms with Gasteiger partial charge in [-0.15, -0.1) is 0 Å². The first-order chi connectivity index (χ1) is 8.90. The molecule has 1 heterocycles. The summed E-state index contributed by atoms with van der Waals surface area (Å²) in [5.74, 6) is -0.592. The van der Waals surface area contributed by atoms with Crippen LogP contribution in [-0.2, 0) is 0 Å². The van der Waals surface area contributed by atoms with Gasteiger partial charge in [-0.1, -0.05) is 17.7 Å². The van der Waals surface area contributed by atoms with Crippen LogP contribution < -0.4 is 11.3 Å². The molecule has 0 bridgehead atoms. The number of aromatic amines is 1. The van der Waals surface area contributed by atoms with Gasteiger partial charge >= 0.3 is 0 Å². The summed E-state index contributed by atoms with van der Waals surface area (Å²) in [6, 6.07) is 6.55. The molecular weight excluding hydrogens is 264 g/mol. The van der Waals surface area contributed by atoms with Crippen LogP contribution in [0.15, 0.2) is 29.1 Å². The fourth-order valence-electron chi connectivity index (χ4n) is 1.82. The highest BCUT2D eigenvalue weighted by Gasteiger charge is 2.11. The lowest BCUT2D eigenvalue weighted by molar-refractivity contribution is 0.100. The molecule has 1 aromatic heterocycles. The average Bonchev–Trinajstić information content (AvgIpc) is 2.33. The van der Waals surface area contributed by atoms with Gasteiger partial charge in [0.15, 0.2) is 0 Å². The molecule has 2 aromatic rings. The van der Waals surface area contributed by atoms with Crippen LogP contribution in [0, 0.1) is 13.8 Å². The largest absolute Gasteiger partial charge is 0.366 e. The van der Waals surface area contributed by atoms with Crippen LogP contribution >= 0.6 is 11.6 Å². The Balaban J connectivity index is 2.60. The number of hydrogen-bond acceptors (Lipinski definition) is 2. The van der Waals surface area contributed by atoms with E-state index in [1.165, 1.54) is 6.07 Å². The van der Waals surface area contributed by atoms with Gasteiger partial charge in [-0.2, -0.15) is 0 Å². The molecule has 0 radical (unpaired) electrons. The summed E-state index contributed by atoms with van der Waals surface area (Å²) in [7, 11) is 0. The molecule has 4 nitrogen and oxygen atoms in total. The van der Waals surface area contributed by atoms with Crippen molar-refractivity contribution in [1.82, 2.24) is 4.98 Å². The van der Waals surface area contributed by atoms with Crippen LogP contribution in [0.1, 0.15) is 21.6 Å². The molecule has 0 aliphatic carbocycles. The van der Waals surface area contributed by atoms with Crippen molar-refractivity contribution >= 4 is 17.5 Å². The third kappa shape index (κ3) is 2.53. The molecule has 2 rings (SSSR count). The van der Waals surface area contributed by atoms with Crippen LogP contribution in [0.25, 0.3) is 11.1 Å². The van der Waals surface area contributed by atoms with E-state index >= 15 is 0 Å². The lowest BCUT2D eigenvalue weighted by Crippen LogP contribution is -2.13. The molecule has 0 atom stereocenters. The normalized spacial score (nSPS) is 10.5. The molecule has 0 saturated carbocycles. The number of nitrogens with one attached hydrogen (secondary N) is 1. The van der Waals surface area contributed by atoms with Crippen LogP contribution in [0.2, 0.25) is 5.02 Å². The minimum atomic E-state index is -0.592. The number of rotatable bonds is 2. The van der Waals surface area contributed by atoms with E-state index in [4.69, 9.17) is 17.3 Å². The second kappa shape index (κ2) is 4.90. The lowest BCUT2D eigenvalue weighted by atomic mass is 10.0. The molecule has 0 spiro atoms. The van der Waals surface area contributed by atoms with Crippen molar-refractivity contribution in [3.05, 3.63) is 56.5 Å². The van der Waals surface area contributed by atoms with E-state index in [0.717, 1.165) is 11.3 Å². The molecule has 0 aliphatic heterocycles. The highest BCUT2D eigenvalue weighted by molar-refractivity contribution is 6.34. The number of aryl methyl sites for hydroxylation is 2. The average molecular weight is 277 g/mol. The molecule has 0 fully saturated rings. The maximum Gasteiger partial charge on any atom is 0.256 e. The van der Waals surface area contributed by atoms with E-state index in [1.54, 1.807) is 18.2 Å². The lowest BCUT2D eigenvalue weighted by Gasteiger charge is -2.07. The predicted molar refractivity (Wildman–Crippen MR) is 75.5 cm³/mol. The molecular formula is C14H13ClN2O2. The third-order valence-corrected chi connectivity index (χ3v) is 3.36. The van der Waals surface area contributed by atoms with Gasteiger partial charge in [0.1, 0.15) is 0 Å². The van der Waals surface area contributed by atoms with Crippen molar-refractivity contribution in [2.24, 2.45) is 5.73 Å². The number of carbonyl (C=O) groups is 1. The minimum absolute atomic E-state index is 0.189. The second-order valence-corrected chi connectivity index (χ2v) is 4.79. The van der Waals surface area contributed by atoms with Gasteiger partial charge in [-0.05, 0) is 43.2 Å². The number of H-pyrrole nitrogens is 1. The Kier molecular flexibility index (Phi) is 3.44. The summed E-state index contributed by atoms with van der Waals surface area (Å²) in [4.78, 5) is 25.8.